The molecular formula is C32H32ClN3O5. The first-order chi connectivity index (χ1) is 19.8. The molecule has 3 aromatic rings. The lowest BCUT2D eigenvalue weighted by molar-refractivity contribution is -0.148. The molecule has 1 spiro atoms. The number of aliphatic hydroxyl groups is 1. The van der Waals surface area contributed by atoms with E-state index in [4.69, 9.17) is 16.3 Å². The first-order valence-electron chi connectivity index (χ1n) is 13.9. The zero-order valence-corrected chi connectivity index (χ0v) is 23.4. The van der Waals surface area contributed by atoms with Gasteiger partial charge in [-0.15, -0.1) is 0 Å². The predicted molar refractivity (Wildman–Crippen MR) is 155 cm³/mol. The van der Waals surface area contributed by atoms with Crippen LogP contribution in [0.15, 0.2) is 84.9 Å². The van der Waals surface area contributed by atoms with Gasteiger partial charge in [0.25, 0.3) is 0 Å². The fourth-order valence-electron chi connectivity index (χ4n) is 7.20. The van der Waals surface area contributed by atoms with Crippen molar-refractivity contribution in [2.24, 2.45) is 11.8 Å². The van der Waals surface area contributed by atoms with Gasteiger partial charge in [0.2, 0.25) is 17.7 Å². The number of amides is 3. The van der Waals surface area contributed by atoms with E-state index in [0.29, 0.717) is 41.2 Å². The van der Waals surface area contributed by atoms with Crippen LogP contribution < -0.4 is 10.6 Å². The quantitative estimate of drug-likeness (QED) is 0.359. The molecule has 9 heteroatoms. The number of anilines is 2. The number of carbonyl (C=O) groups is 3. The Morgan fingerprint density at radius 2 is 1.56 bits per heavy atom. The van der Waals surface area contributed by atoms with Crippen LogP contribution in [0.1, 0.15) is 37.8 Å². The highest BCUT2D eigenvalue weighted by Gasteiger charge is 2.79. The van der Waals surface area contributed by atoms with Crippen molar-refractivity contribution < 1.29 is 24.2 Å². The van der Waals surface area contributed by atoms with Crippen molar-refractivity contribution in [1.29, 1.82) is 0 Å². The number of hydrogen-bond donors (Lipinski definition) is 3. The minimum atomic E-state index is -1.23. The zero-order chi connectivity index (χ0) is 28.8. The first-order valence-corrected chi connectivity index (χ1v) is 14.3. The van der Waals surface area contributed by atoms with Crippen LogP contribution in [0.4, 0.5) is 11.4 Å². The van der Waals surface area contributed by atoms with Crippen LogP contribution in [0.5, 0.6) is 0 Å². The molecule has 3 amide bonds. The van der Waals surface area contributed by atoms with Crippen molar-refractivity contribution in [3.8, 4) is 0 Å². The van der Waals surface area contributed by atoms with Crippen molar-refractivity contribution in [3.63, 3.8) is 0 Å². The van der Waals surface area contributed by atoms with Crippen LogP contribution in [-0.4, -0.2) is 51.6 Å². The molecule has 3 aromatic carbocycles. The van der Waals surface area contributed by atoms with Gasteiger partial charge >= 0.3 is 0 Å². The molecule has 0 saturated carbocycles. The highest BCUT2D eigenvalue weighted by molar-refractivity contribution is 6.30. The fourth-order valence-corrected chi connectivity index (χ4v) is 7.33. The maximum atomic E-state index is 14.5. The van der Waals surface area contributed by atoms with Gasteiger partial charge in [0.1, 0.15) is 11.6 Å². The number of ether oxygens (including phenoxy) is 1. The van der Waals surface area contributed by atoms with Crippen molar-refractivity contribution in [1.82, 2.24) is 4.90 Å². The van der Waals surface area contributed by atoms with Crippen LogP contribution in [-0.2, 0) is 19.1 Å². The number of rotatable bonds is 8. The molecule has 3 N–H and O–H groups in total. The predicted octanol–water partition coefficient (Wildman–Crippen LogP) is 4.81. The molecule has 41 heavy (non-hydrogen) atoms. The van der Waals surface area contributed by atoms with Crippen LogP contribution in [0.25, 0.3) is 0 Å². The summed E-state index contributed by atoms with van der Waals surface area (Å²) in [7, 11) is 0. The Hall–Kier alpha value is -3.72. The highest BCUT2D eigenvalue weighted by Crippen LogP contribution is 2.65. The van der Waals surface area contributed by atoms with E-state index >= 15 is 0 Å². The van der Waals surface area contributed by atoms with Gasteiger partial charge in [0, 0.05) is 16.4 Å². The topological polar surface area (TPSA) is 108 Å². The smallest absolute Gasteiger partial charge is 0.250 e. The van der Waals surface area contributed by atoms with Crippen molar-refractivity contribution in [2.45, 2.75) is 49.5 Å². The molecule has 0 aliphatic carbocycles. The molecule has 212 valence electrons. The maximum Gasteiger partial charge on any atom is 0.250 e. The SMILES string of the molecule is CC[C@]12CCC3(O1)C(C(=O)Nc1ccc(Cl)cc1)N([C@H](CO)c1ccccc1)C(=O)[C@@H]3[C@H]2C(=O)Nc1ccccc1. The normalized spacial score (nSPS) is 28.8. The Balaban J connectivity index is 1.44. The van der Waals surface area contributed by atoms with E-state index in [2.05, 4.69) is 10.6 Å². The summed E-state index contributed by atoms with van der Waals surface area (Å²) in [5, 5.41) is 17.1. The number of para-hydroxylation sites is 1. The largest absolute Gasteiger partial charge is 0.394 e. The molecular weight excluding hydrogens is 542 g/mol. The van der Waals surface area contributed by atoms with Crippen molar-refractivity contribution in [3.05, 3.63) is 95.5 Å². The molecule has 0 aromatic heterocycles. The van der Waals surface area contributed by atoms with Gasteiger partial charge in [0.15, 0.2) is 0 Å². The van der Waals surface area contributed by atoms with Crippen LogP contribution in [0.2, 0.25) is 5.02 Å². The molecule has 3 heterocycles. The van der Waals surface area contributed by atoms with Crippen LogP contribution >= 0.6 is 11.6 Å². The fraction of sp³-hybridized carbons (Fsp3) is 0.344. The van der Waals surface area contributed by atoms with E-state index in [1.54, 1.807) is 36.4 Å². The Bertz CT molecular complexity index is 1450. The van der Waals surface area contributed by atoms with Crippen LogP contribution in [0, 0.1) is 11.8 Å². The van der Waals surface area contributed by atoms with E-state index in [1.165, 1.54) is 4.90 Å². The third kappa shape index (κ3) is 4.41. The molecule has 3 saturated heterocycles. The van der Waals surface area contributed by atoms with E-state index < -0.39 is 47.6 Å². The number of halogens is 1. The summed E-state index contributed by atoms with van der Waals surface area (Å²) in [4.78, 5) is 44.1. The molecule has 2 bridgehead atoms. The van der Waals surface area contributed by atoms with Gasteiger partial charge in [-0.2, -0.15) is 0 Å². The number of aliphatic hydroxyl groups excluding tert-OH is 1. The number of likely N-dealkylation sites (tertiary alicyclic amines) is 1. The second-order valence-corrected chi connectivity index (χ2v) is 11.5. The van der Waals surface area contributed by atoms with Gasteiger partial charge in [-0.3, -0.25) is 14.4 Å². The number of nitrogens with one attached hydrogen (secondary N) is 2. The van der Waals surface area contributed by atoms with Crippen molar-refractivity contribution >= 4 is 40.7 Å². The molecule has 0 radical (unpaired) electrons. The van der Waals surface area contributed by atoms with Gasteiger partial charge in [0.05, 0.1) is 30.1 Å². The molecule has 3 aliphatic heterocycles. The third-order valence-electron chi connectivity index (χ3n) is 9.00. The second kappa shape index (κ2) is 10.6. The zero-order valence-electron chi connectivity index (χ0n) is 22.6. The number of nitrogens with zero attached hydrogens (tertiary/aromatic N) is 1. The number of benzene rings is 3. The summed E-state index contributed by atoms with van der Waals surface area (Å²) in [6.07, 6.45) is 1.49. The van der Waals surface area contributed by atoms with E-state index in [9.17, 15) is 19.5 Å². The standard InChI is InChI=1S/C32H32ClN3O5/c1-2-31-17-18-32(41-31)26(25(31)28(38)34-22-11-7-4-8-12-22)30(40)36(24(19-37)20-9-5-3-6-10-20)27(32)29(39)35-23-15-13-21(33)14-16-23/h3-16,24-27,37H,2,17-19H2,1H3,(H,34,38)(H,35,39)/t24-,25+,26+,27?,31-,32?/m1/s1. The minimum Gasteiger partial charge on any atom is -0.394 e. The summed E-state index contributed by atoms with van der Waals surface area (Å²) in [5.74, 6) is -2.81. The van der Waals surface area contributed by atoms with Gasteiger partial charge in [-0.05, 0) is 61.2 Å². The van der Waals surface area contributed by atoms with E-state index in [0.717, 1.165) is 0 Å². The minimum absolute atomic E-state index is 0.308. The van der Waals surface area contributed by atoms with E-state index in [-0.39, 0.29) is 11.8 Å². The maximum absolute atomic E-state index is 14.5. The monoisotopic (exact) mass is 573 g/mol. The van der Waals surface area contributed by atoms with Gasteiger partial charge in [-0.25, -0.2) is 0 Å². The van der Waals surface area contributed by atoms with E-state index in [1.807, 2.05) is 55.5 Å². The number of fused-ring (bicyclic) bond motifs is 1. The summed E-state index contributed by atoms with van der Waals surface area (Å²) >= 11 is 6.05. The summed E-state index contributed by atoms with van der Waals surface area (Å²) in [5.41, 5.74) is -0.287. The molecule has 6 rings (SSSR count). The van der Waals surface area contributed by atoms with Gasteiger partial charge in [-0.1, -0.05) is 67.1 Å². The third-order valence-corrected chi connectivity index (χ3v) is 9.25. The summed E-state index contributed by atoms with van der Waals surface area (Å²) < 4.78 is 6.83. The summed E-state index contributed by atoms with van der Waals surface area (Å²) in [6, 6.07) is 23.1. The van der Waals surface area contributed by atoms with Crippen molar-refractivity contribution in [2.75, 3.05) is 17.2 Å². The number of hydrogen-bond acceptors (Lipinski definition) is 5. The Kier molecular flexibility index (Phi) is 7.09. The lowest BCUT2D eigenvalue weighted by Crippen LogP contribution is -2.54. The average Bonchev–Trinajstić information content (AvgIpc) is 3.60. The molecule has 6 atom stereocenters. The Labute approximate surface area is 243 Å². The highest BCUT2D eigenvalue weighted by atomic mass is 35.5. The second-order valence-electron chi connectivity index (χ2n) is 11.0. The molecule has 2 unspecified atom stereocenters. The Morgan fingerprint density at radius 3 is 2.20 bits per heavy atom. The van der Waals surface area contributed by atoms with Gasteiger partial charge < -0.3 is 25.4 Å². The first kappa shape index (κ1) is 27.4. The molecule has 3 aliphatic rings. The average molecular weight is 574 g/mol. The summed E-state index contributed by atoms with van der Waals surface area (Å²) in [6.45, 7) is 1.55. The molecule has 3 fully saturated rings. The lowest BCUT2D eigenvalue weighted by Gasteiger charge is -2.37. The lowest BCUT2D eigenvalue weighted by atomic mass is 9.65. The Morgan fingerprint density at radius 1 is 0.951 bits per heavy atom. The molecule has 8 nitrogen and oxygen atoms in total. The van der Waals surface area contributed by atoms with Crippen LogP contribution in [0.3, 0.4) is 0 Å². The number of carbonyl (C=O) groups excluding carboxylic acids is 3.